The summed E-state index contributed by atoms with van der Waals surface area (Å²) in [5.41, 5.74) is 34.1. The molecule has 0 unspecified atom stereocenters. The molecule has 0 radical (unpaired) electrons. The topological polar surface area (TPSA) is 106 Å². The molecule has 0 aliphatic heterocycles. The summed E-state index contributed by atoms with van der Waals surface area (Å²) >= 11 is 0. The number of fused-ring (bicyclic) bond motifs is 12. The number of hydrogen-bond donors (Lipinski definition) is 4. The van der Waals surface area contributed by atoms with E-state index in [1.807, 2.05) is 188 Å². The third-order valence-corrected chi connectivity index (χ3v) is 28.0. The molecule has 18 aromatic carbocycles. The van der Waals surface area contributed by atoms with Crippen LogP contribution >= 0.6 is 0 Å². The van der Waals surface area contributed by atoms with Crippen LogP contribution in [-0.2, 0) is 109 Å². The van der Waals surface area contributed by atoms with E-state index in [2.05, 4.69) is 342 Å². The van der Waals surface area contributed by atoms with Gasteiger partial charge in [0.05, 0.1) is 13.2 Å². The number of aromatic hydroxyl groups is 4. The second-order valence-corrected chi connectivity index (χ2v) is 38.0. The molecule has 4 N–H and O–H groups in total. The zero-order chi connectivity index (χ0) is 101. The fraction of sp³-hybridized carbons (Fsp3) is 0.168. The summed E-state index contributed by atoms with van der Waals surface area (Å²) in [6, 6.07) is 147. The van der Waals surface area contributed by atoms with Crippen molar-refractivity contribution in [2.75, 3.05) is 40.5 Å². The van der Waals surface area contributed by atoms with Gasteiger partial charge in [0.25, 0.3) is 0 Å². The van der Waals surface area contributed by atoms with Crippen molar-refractivity contribution < 1.29 is 81.6 Å². The largest absolute Gasteiger partial charge is 4.00 e. The third kappa shape index (κ3) is 25.4. The summed E-state index contributed by atoms with van der Waals surface area (Å²) in [6.07, 6.45) is 0. The average molecular weight is 2270 g/mol. The summed E-state index contributed by atoms with van der Waals surface area (Å²) in [4.78, 5) is 4.54. The first-order valence-electron chi connectivity index (χ1n) is 49.0. The van der Waals surface area contributed by atoms with Crippen molar-refractivity contribution in [1.29, 1.82) is 0 Å². The van der Waals surface area contributed by atoms with Gasteiger partial charge < -0.3 is 29.9 Å². The molecule has 0 saturated carbocycles. The molecule has 8 nitrogen and oxygen atoms in total. The average Bonchev–Trinajstić information content (AvgIpc) is 1.57. The maximum absolute atomic E-state index is 12.2. The predicted octanol–water partition coefficient (Wildman–Crippen LogP) is 32.2. The Labute approximate surface area is 914 Å². The molecule has 0 bridgehead atoms. The van der Waals surface area contributed by atoms with E-state index in [0.717, 1.165) is 94.6 Å². The van der Waals surface area contributed by atoms with Gasteiger partial charge in [0.15, 0.2) is 0 Å². The Morgan fingerprint density at radius 3 is 0.565 bits per heavy atom. The zero-order valence-electron chi connectivity index (χ0n) is 84.9. The Morgan fingerprint density at radius 2 is 0.381 bits per heavy atom. The van der Waals surface area contributed by atoms with Crippen LogP contribution in [0.25, 0.3) is 44.5 Å². The number of benzene rings is 18. The van der Waals surface area contributed by atoms with E-state index in [0.29, 0.717) is 75.5 Å². The molecule has 4 aliphatic rings. The van der Waals surface area contributed by atoms with Crippen LogP contribution in [0.3, 0.4) is 0 Å². The van der Waals surface area contributed by atoms with Crippen LogP contribution in [0.15, 0.2) is 431 Å². The summed E-state index contributed by atoms with van der Waals surface area (Å²) in [6.45, 7) is 41.9. The first-order chi connectivity index (χ1) is 69.3. The van der Waals surface area contributed by atoms with Crippen molar-refractivity contribution in [2.24, 2.45) is 0 Å². The molecule has 22 rings (SSSR count). The van der Waals surface area contributed by atoms with E-state index in [1.54, 1.807) is 14.2 Å². The van der Waals surface area contributed by atoms with E-state index < -0.39 is 21.7 Å². The molecule has 0 atom stereocenters. The van der Waals surface area contributed by atoms with E-state index >= 15 is 0 Å². The van der Waals surface area contributed by atoms with E-state index in [1.165, 1.54) is 89.0 Å². The molecular formula is C137H138Hf2N2O6-2. The molecule has 4 aliphatic carbocycles. The van der Waals surface area contributed by atoms with Gasteiger partial charge in [-0.2, -0.15) is 148 Å². The van der Waals surface area contributed by atoms with Crippen molar-refractivity contribution in [1.82, 2.24) is 9.80 Å². The van der Waals surface area contributed by atoms with Crippen LogP contribution in [0.1, 0.15) is 182 Å². The molecule has 0 aromatic heterocycles. The number of phenols is 4. The molecule has 0 amide bonds. The normalized spacial score (nSPS) is 12.5. The number of hydrogen-bond acceptors (Lipinski definition) is 8. The van der Waals surface area contributed by atoms with Gasteiger partial charge in [-0.3, -0.25) is 9.80 Å². The summed E-state index contributed by atoms with van der Waals surface area (Å²) in [7, 11) is 3.43. The second kappa shape index (κ2) is 52.3. The van der Waals surface area contributed by atoms with E-state index in [9.17, 15) is 20.4 Å². The van der Waals surface area contributed by atoms with Gasteiger partial charge >= 0.3 is 25.8 Å². The summed E-state index contributed by atoms with van der Waals surface area (Å²) < 4.78 is 11.2. The van der Waals surface area contributed by atoms with Crippen LogP contribution in [-0.4, -0.2) is 70.7 Å². The van der Waals surface area contributed by atoms with Gasteiger partial charge in [-0.1, -0.05) is 317 Å². The van der Waals surface area contributed by atoms with Crippen molar-refractivity contribution in [3.05, 3.63) is 611 Å². The Kier molecular flexibility index (Phi) is 40.3. The molecule has 147 heavy (non-hydrogen) atoms. The number of phenolic OH excluding ortho intramolecular Hbond substituents is 4. The van der Waals surface area contributed by atoms with Gasteiger partial charge in [-0.25, -0.2) is 0 Å². The number of methoxy groups -OCH3 is 2. The maximum Gasteiger partial charge on any atom is 4.00 e. The molecule has 18 aromatic rings. The predicted molar refractivity (Wildman–Crippen MR) is 607 cm³/mol. The summed E-state index contributed by atoms with van der Waals surface area (Å²) in [5.74, 6) is 1.26. The van der Waals surface area contributed by atoms with Crippen LogP contribution < -0.4 is 0 Å². The number of aryl methyl sites for hydroxylation is 3. The Hall–Kier alpha value is -14.0. The molecule has 742 valence electrons. The van der Waals surface area contributed by atoms with Crippen molar-refractivity contribution in [3.8, 4) is 67.5 Å². The first-order valence-corrected chi connectivity index (χ1v) is 49.0. The molecule has 0 fully saturated rings. The van der Waals surface area contributed by atoms with Crippen LogP contribution in [0.5, 0.6) is 23.0 Å². The van der Waals surface area contributed by atoms with Crippen molar-refractivity contribution in [2.45, 2.75) is 111 Å². The van der Waals surface area contributed by atoms with Gasteiger partial charge in [0.2, 0.25) is 0 Å². The van der Waals surface area contributed by atoms with E-state index in [-0.39, 0.29) is 66.5 Å². The minimum atomic E-state index is -0.511. The monoisotopic (exact) mass is 2270 g/mol. The fourth-order valence-electron chi connectivity index (χ4n) is 20.9. The van der Waals surface area contributed by atoms with E-state index in [4.69, 9.17) is 9.47 Å². The number of ether oxygens (including phenoxy) is 2. The minimum Gasteiger partial charge on any atom is -0.507 e. The molecule has 0 spiro atoms. The molecule has 10 heteroatoms. The zero-order valence-corrected chi connectivity index (χ0v) is 92.1. The van der Waals surface area contributed by atoms with Gasteiger partial charge in [-0.05, 0) is 137 Å². The van der Waals surface area contributed by atoms with Gasteiger partial charge in [0, 0.05) is 145 Å². The van der Waals surface area contributed by atoms with Gasteiger partial charge in [-0.15, -0.1) is 72.8 Å². The fourth-order valence-corrected chi connectivity index (χ4v) is 20.9. The number of para-hydroxylation sites is 1. The molecule has 0 saturated heterocycles. The third-order valence-electron chi connectivity index (χ3n) is 28.0. The minimum absolute atomic E-state index is 0. The second-order valence-electron chi connectivity index (χ2n) is 38.0. The SMILES string of the molecule is C.C.COCCN(Cc1cc(C)cc(C2(C)c3ccccc3-c3ccccc32)c1O)Cc1cc(C)cc(C2(C)c3ccccc3-c3ccccc32)c1O.COCCN(Cc1cccc(C2(C)c3ccccc3-c3ccccc32)c1O)Cc1cc(C)cc(C2(C)c3ccccc3-c3ccccc32)c1O.[CH2-]c1ccccc1.[CH2-]c1ccccc1.[CH2-]c1ccccc1.[CH2-]c1ccccc1.[CH2-]c1ccccc1.[CH2-]c1ccccc1.[Hf+4].[Hf]. The first kappa shape index (κ1) is 113. The van der Waals surface area contributed by atoms with Crippen molar-refractivity contribution in [3.63, 3.8) is 0 Å². The molecular weight excluding hydrogens is 2130 g/mol. The van der Waals surface area contributed by atoms with Crippen LogP contribution in [0, 0.1) is 62.3 Å². The Bertz CT molecular complexity index is 6660. The van der Waals surface area contributed by atoms with Crippen LogP contribution in [0.2, 0.25) is 0 Å². The molecule has 0 heterocycles. The standard InChI is InChI=1S/C47H45NO3.C46H43NO3.6C7H7.2CH4.2Hf/c1-30-24-32(44(49)42(26-30)46(3)38-18-10-6-14-34(38)35-15-7-11-19-39(35)46)28-48(22-23-51-5)29-33-25-31(2)27-43(45(33)50)47(4)40-20-12-8-16-36(40)37-17-9-13-21-41(37)47;1-30-26-32(44(49)42(27-30)46(3)39-21-11-7-17-35(39)36-18-8-12-22-40(36)46)29-47(24-25-50-4)28-31-14-13-23-41(43(31)48)45(2)37-19-9-5-15-33(37)34-16-6-10-20-38(34)45;6*1-7-5-3-2-4-6-7;;;;/h6-21,24-27,49-50H,22-23,28-29H2,1-5H3;5-23,26-27,48-49H,24-25,28-29H2,1-4H3;6*2-6H,1H2;2*1H4;;/q;;6*-1;;;;+4. The van der Waals surface area contributed by atoms with Gasteiger partial charge in [0.1, 0.15) is 23.0 Å². The maximum atomic E-state index is 12.2. The quantitative estimate of drug-likeness (QED) is 0.0497. The summed E-state index contributed by atoms with van der Waals surface area (Å²) in [5, 5.41) is 48.7. The van der Waals surface area contributed by atoms with Crippen LogP contribution in [0.4, 0.5) is 0 Å². The smallest absolute Gasteiger partial charge is 0.507 e. The Balaban J connectivity index is 0.000000195. The Morgan fingerprint density at radius 1 is 0.218 bits per heavy atom. The van der Waals surface area contributed by atoms with Crippen molar-refractivity contribution >= 4 is 0 Å². The number of nitrogens with zero attached hydrogens (tertiary/aromatic N) is 2. The number of rotatable bonds is 18.